The highest BCUT2D eigenvalue weighted by Crippen LogP contribution is 2.34. The molecule has 0 radical (unpaired) electrons. The summed E-state index contributed by atoms with van der Waals surface area (Å²) in [6.07, 6.45) is 0. The molecule has 0 spiro atoms. The molecule has 162 valence electrons. The lowest BCUT2D eigenvalue weighted by atomic mass is 10.1. The fourth-order valence-electron chi connectivity index (χ4n) is 3.09. The van der Waals surface area contributed by atoms with Gasteiger partial charge >= 0.3 is 0 Å². The minimum atomic E-state index is -3.68. The molecule has 1 atom stereocenters. The topological polar surface area (TPSA) is 94.2 Å². The summed E-state index contributed by atoms with van der Waals surface area (Å²) in [5.74, 6) is 1.18. The summed E-state index contributed by atoms with van der Waals surface area (Å²) in [7, 11) is -2.10. The van der Waals surface area contributed by atoms with Crippen molar-refractivity contribution >= 4 is 21.6 Å². The van der Waals surface area contributed by atoms with Crippen molar-refractivity contribution in [2.45, 2.75) is 19.9 Å². The molecule has 3 rings (SSSR count). The molecule has 1 aliphatic rings. The molecule has 0 saturated heterocycles. The third-order valence-electron chi connectivity index (χ3n) is 4.79. The smallest absolute Gasteiger partial charge is 0.241 e. The molecule has 8 nitrogen and oxygen atoms in total. The largest absolute Gasteiger partial charge is 0.497 e. The second-order valence-corrected chi connectivity index (χ2v) is 8.98. The molecule has 0 aliphatic carbocycles. The maximum absolute atomic E-state index is 12.7. The number of carbonyl (C=O) groups excluding carboxylic acids is 1. The van der Waals surface area contributed by atoms with Gasteiger partial charge in [-0.25, -0.2) is 8.42 Å². The van der Waals surface area contributed by atoms with Crippen LogP contribution in [0.15, 0.2) is 42.5 Å². The molecule has 0 bridgehead atoms. The van der Waals surface area contributed by atoms with Crippen LogP contribution in [0.5, 0.6) is 17.2 Å². The SMILES string of the molecule is CCS(=O)(=O)N(CC(=O)N[C@H](C)c1ccc(OC)cc1)c1ccc2c(c1)OCCO2. The Morgan fingerprint density at radius 1 is 1.13 bits per heavy atom. The van der Waals surface area contributed by atoms with E-state index in [0.29, 0.717) is 30.4 Å². The summed E-state index contributed by atoms with van der Waals surface area (Å²) in [5.41, 5.74) is 1.24. The number of hydrogen-bond donors (Lipinski definition) is 1. The Kier molecular flexibility index (Phi) is 6.71. The molecular weight excluding hydrogens is 408 g/mol. The molecule has 0 unspecified atom stereocenters. The molecule has 1 aliphatic heterocycles. The third-order valence-corrected chi connectivity index (χ3v) is 6.54. The van der Waals surface area contributed by atoms with Crippen LogP contribution in [-0.4, -0.2) is 46.9 Å². The Bertz CT molecular complexity index is 991. The Morgan fingerprint density at radius 2 is 1.80 bits per heavy atom. The Hall–Kier alpha value is -2.94. The van der Waals surface area contributed by atoms with Crippen LogP contribution in [0.1, 0.15) is 25.5 Å². The highest BCUT2D eigenvalue weighted by atomic mass is 32.2. The lowest BCUT2D eigenvalue weighted by molar-refractivity contribution is -0.120. The fraction of sp³-hybridized carbons (Fsp3) is 0.381. The van der Waals surface area contributed by atoms with Gasteiger partial charge in [0.15, 0.2) is 11.5 Å². The summed E-state index contributed by atoms with van der Waals surface area (Å²) in [5, 5.41) is 2.85. The van der Waals surface area contributed by atoms with Crippen molar-refractivity contribution in [3.63, 3.8) is 0 Å². The van der Waals surface area contributed by atoms with Crippen molar-refractivity contribution in [1.29, 1.82) is 0 Å². The Labute approximate surface area is 176 Å². The third kappa shape index (κ3) is 4.96. The van der Waals surface area contributed by atoms with Crippen LogP contribution >= 0.6 is 0 Å². The zero-order valence-electron chi connectivity index (χ0n) is 17.3. The Balaban J connectivity index is 1.77. The van der Waals surface area contributed by atoms with E-state index in [9.17, 15) is 13.2 Å². The molecule has 30 heavy (non-hydrogen) atoms. The zero-order chi connectivity index (χ0) is 21.7. The first-order valence-corrected chi connectivity index (χ1v) is 11.3. The summed E-state index contributed by atoms with van der Waals surface area (Å²) in [6, 6.07) is 11.9. The monoisotopic (exact) mass is 434 g/mol. The van der Waals surface area contributed by atoms with Gasteiger partial charge in [0.2, 0.25) is 15.9 Å². The molecule has 0 aromatic heterocycles. The van der Waals surface area contributed by atoms with Crippen molar-refractivity contribution in [3.8, 4) is 17.2 Å². The van der Waals surface area contributed by atoms with E-state index in [1.807, 2.05) is 19.1 Å². The average molecular weight is 435 g/mol. The van der Waals surface area contributed by atoms with Crippen LogP contribution in [0.3, 0.4) is 0 Å². The van der Waals surface area contributed by atoms with Gasteiger partial charge in [0.25, 0.3) is 0 Å². The number of nitrogens with zero attached hydrogens (tertiary/aromatic N) is 1. The van der Waals surface area contributed by atoms with Crippen LogP contribution < -0.4 is 23.8 Å². The summed E-state index contributed by atoms with van der Waals surface area (Å²) in [4.78, 5) is 12.7. The summed E-state index contributed by atoms with van der Waals surface area (Å²) in [6.45, 7) is 3.86. The van der Waals surface area contributed by atoms with Crippen LogP contribution in [-0.2, 0) is 14.8 Å². The number of nitrogens with one attached hydrogen (secondary N) is 1. The molecule has 2 aromatic carbocycles. The van der Waals surface area contributed by atoms with Gasteiger partial charge in [-0.15, -0.1) is 0 Å². The van der Waals surface area contributed by atoms with E-state index < -0.39 is 15.9 Å². The molecular formula is C21H26N2O6S. The van der Waals surface area contributed by atoms with Crippen LogP contribution in [0.4, 0.5) is 5.69 Å². The normalized spacial score (nSPS) is 14.0. The number of fused-ring (bicyclic) bond motifs is 1. The van der Waals surface area contributed by atoms with Gasteiger partial charge < -0.3 is 19.5 Å². The van der Waals surface area contributed by atoms with E-state index in [1.54, 1.807) is 37.4 Å². The van der Waals surface area contributed by atoms with Gasteiger partial charge in [0.05, 0.1) is 24.6 Å². The van der Waals surface area contributed by atoms with Crippen LogP contribution in [0.2, 0.25) is 0 Å². The maximum atomic E-state index is 12.7. The molecule has 0 saturated carbocycles. The molecule has 1 N–H and O–H groups in total. The van der Waals surface area contributed by atoms with Crippen molar-refractivity contribution in [3.05, 3.63) is 48.0 Å². The van der Waals surface area contributed by atoms with Crippen molar-refractivity contribution in [1.82, 2.24) is 5.32 Å². The zero-order valence-corrected chi connectivity index (χ0v) is 18.1. The molecule has 2 aromatic rings. The number of amides is 1. The quantitative estimate of drug-likeness (QED) is 0.686. The van der Waals surface area contributed by atoms with Crippen LogP contribution in [0, 0.1) is 0 Å². The molecule has 9 heteroatoms. The van der Waals surface area contributed by atoms with Crippen molar-refractivity contribution in [2.75, 3.05) is 36.9 Å². The number of rotatable bonds is 8. The number of benzene rings is 2. The predicted octanol–water partition coefficient (Wildman–Crippen LogP) is 2.50. The number of methoxy groups -OCH3 is 1. The average Bonchev–Trinajstić information content (AvgIpc) is 2.77. The van der Waals surface area contributed by atoms with Gasteiger partial charge in [-0.2, -0.15) is 0 Å². The Morgan fingerprint density at radius 3 is 2.43 bits per heavy atom. The second kappa shape index (κ2) is 9.25. The van der Waals surface area contributed by atoms with Gasteiger partial charge in [0, 0.05) is 6.07 Å². The van der Waals surface area contributed by atoms with Gasteiger partial charge in [-0.1, -0.05) is 12.1 Å². The first-order valence-electron chi connectivity index (χ1n) is 9.67. The van der Waals surface area contributed by atoms with E-state index in [-0.39, 0.29) is 18.3 Å². The number of ether oxygens (including phenoxy) is 3. The van der Waals surface area contributed by atoms with Gasteiger partial charge in [0.1, 0.15) is 25.5 Å². The fourth-order valence-corrected chi connectivity index (χ4v) is 4.15. The lowest BCUT2D eigenvalue weighted by Crippen LogP contribution is -2.42. The van der Waals surface area contributed by atoms with Gasteiger partial charge in [-0.3, -0.25) is 9.10 Å². The van der Waals surface area contributed by atoms with Crippen LogP contribution in [0.25, 0.3) is 0 Å². The van der Waals surface area contributed by atoms with E-state index in [0.717, 1.165) is 15.6 Å². The molecule has 0 fully saturated rings. The highest BCUT2D eigenvalue weighted by Gasteiger charge is 2.26. The molecule has 1 heterocycles. The van der Waals surface area contributed by atoms with E-state index >= 15 is 0 Å². The van der Waals surface area contributed by atoms with Crippen molar-refractivity contribution < 1.29 is 27.4 Å². The highest BCUT2D eigenvalue weighted by molar-refractivity contribution is 7.92. The lowest BCUT2D eigenvalue weighted by Gasteiger charge is -2.26. The van der Waals surface area contributed by atoms with E-state index in [4.69, 9.17) is 14.2 Å². The molecule has 1 amide bonds. The van der Waals surface area contributed by atoms with E-state index in [2.05, 4.69) is 5.32 Å². The number of anilines is 1. The van der Waals surface area contributed by atoms with Gasteiger partial charge in [-0.05, 0) is 43.7 Å². The maximum Gasteiger partial charge on any atom is 0.241 e. The number of carbonyl (C=O) groups is 1. The van der Waals surface area contributed by atoms with Crippen molar-refractivity contribution in [2.24, 2.45) is 0 Å². The second-order valence-electron chi connectivity index (χ2n) is 6.80. The number of sulfonamides is 1. The standard InChI is InChI=1S/C21H26N2O6S/c1-4-30(25,26)23(17-7-10-19-20(13-17)29-12-11-28-19)14-21(24)22-15(2)16-5-8-18(27-3)9-6-16/h5-10,13,15H,4,11-12,14H2,1-3H3,(H,22,24)/t15-/m1/s1. The number of hydrogen-bond acceptors (Lipinski definition) is 6. The first-order chi connectivity index (χ1) is 14.3. The minimum Gasteiger partial charge on any atom is -0.497 e. The van der Waals surface area contributed by atoms with E-state index in [1.165, 1.54) is 6.92 Å². The summed E-state index contributed by atoms with van der Waals surface area (Å²) >= 11 is 0. The predicted molar refractivity (Wildman–Crippen MR) is 114 cm³/mol. The summed E-state index contributed by atoms with van der Waals surface area (Å²) < 4.78 is 42.7. The first kappa shape index (κ1) is 21.8. The minimum absolute atomic E-state index is 0.136.